The molecule has 0 nitrogen and oxygen atoms in total. The van der Waals surface area contributed by atoms with Crippen molar-refractivity contribution >= 4 is 32.3 Å². The average Bonchev–Trinajstić information content (AvgIpc) is 2.75. The quantitative estimate of drug-likeness (QED) is 0.258. The summed E-state index contributed by atoms with van der Waals surface area (Å²) >= 11 is 0. The van der Waals surface area contributed by atoms with E-state index in [1.165, 1.54) is 54.6 Å². The Hall–Kier alpha value is -3.12. The number of fused-ring (bicyclic) bond motifs is 3. The average molecular weight is 403 g/mol. The Morgan fingerprint density at radius 3 is 1.65 bits per heavy atom. The second kappa shape index (κ2) is 7.24. The molecular weight excluding hydrogens is 372 g/mol. The van der Waals surface area contributed by atoms with Crippen LogP contribution in [-0.2, 0) is 5.41 Å². The molecule has 0 heteroatoms. The Balaban J connectivity index is 1.84. The summed E-state index contributed by atoms with van der Waals surface area (Å²) in [5, 5.41) is 8.03. The molecule has 0 N–H and O–H groups in total. The van der Waals surface area contributed by atoms with Gasteiger partial charge in [-0.25, -0.2) is 0 Å². The molecule has 0 aliphatic heterocycles. The summed E-state index contributed by atoms with van der Waals surface area (Å²) in [5.41, 5.74) is 5.62. The van der Waals surface area contributed by atoms with Gasteiger partial charge in [0, 0.05) is 0 Å². The zero-order valence-corrected chi connectivity index (χ0v) is 19.2. The van der Waals surface area contributed by atoms with Crippen molar-refractivity contribution in [3.63, 3.8) is 0 Å². The molecule has 0 radical (unpaired) electrons. The molecule has 0 spiro atoms. The van der Waals surface area contributed by atoms with Crippen molar-refractivity contribution in [2.75, 3.05) is 0 Å². The SMILES string of the molecule is CC(C)c1c2ccccc2c(-c2ccc3cc(C(C)(C)C)ccc3c2)c2ccccc12. The smallest absolute Gasteiger partial charge is 0.00264 e. The first-order valence-corrected chi connectivity index (χ1v) is 11.3. The molecule has 0 bridgehead atoms. The normalized spacial score (nSPS) is 12.3. The van der Waals surface area contributed by atoms with Gasteiger partial charge in [-0.1, -0.05) is 113 Å². The van der Waals surface area contributed by atoms with Crippen molar-refractivity contribution in [2.45, 2.75) is 46.0 Å². The second-order valence-corrected chi connectivity index (χ2v) is 10.1. The van der Waals surface area contributed by atoms with E-state index in [1.807, 2.05) is 0 Å². The van der Waals surface area contributed by atoms with Crippen LogP contribution in [0.2, 0.25) is 0 Å². The summed E-state index contributed by atoms with van der Waals surface area (Å²) in [6.07, 6.45) is 0. The Kier molecular flexibility index (Phi) is 4.63. The molecule has 5 aromatic rings. The molecule has 0 atom stereocenters. The van der Waals surface area contributed by atoms with E-state index in [0.717, 1.165) is 0 Å². The standard InChI is InChI=1S/C31H30/c1-20(2)29-25-10-6-8-12-27(25)30(28-13-9-7-11-26(28)29)23-15-14-22-19-24(31(3,4)5)17-16-21(22)18-23/h6-20H,1-5H3. The summed E-state index contributed by atoms with van der Waals surface area (Å²) in [4.78, 5) is 0. The third-order valence-corrected chi connectivity index (χ3v) is 6.55. The zero-order chi connectivity index (χ0) is 21.8. The van der Waals surface area contributed by atoms with Crippen LogP contribution in [0.5, 0.6) is 0 Å². The summed E-state index contributed by atoms with van der Waals surface area (Å²) in [7, 11) is 0. The lowest BCUT2D eigenvalue weighted by Crippen LogP contribution is -2.10. The first-order chi connectivity index (χ1) is 14.8. The first kappa shape index (κ1) is 19.8. The van der Waals surface area contributed by atoms with Crippen molar-refractivity contribution in [3.05, 3.63) is 96.1 Å². The van der Waals surface area contributed by atoms with E-state index in [4.69, 9.17) is 0 Å². The van der Waals surface area contributed by atoms with Crippen molar-refractivity contribution in [3.8, 4) is 11.1 Å². The van der Waals surface area contributed by atoms with E-state index >= 15 is 0 Å². The molecular formula is C31H30. The van der Waals surface area contributed by atoms with Crippen LogP contribution >= 0.6 is 0 Å². The Labute approximate surface area is 185 Å². The lowest BCUT2D eigenvalue weighted by atomic mass is 9.83. The molecule has 0 saturated carbocycles. The maximum absolute atomic E-state index is 2.37. The molecule has 154 valence electrons. The summed E-state index contributed by atoms with van der Waals surface area (Å²) < 4.78 is 0. The van der Waals surface area contributed by atoms with E-state index in [9.17, 15) is 0 Å². The summed E-state index contributed by atoms with van der Waals surface area (Å²) in [6.45, 7) is 11.4. The van der Waals surface area contributed by atoms with Gasteiger partial charge in [0.2, 0.25) is 0 Å². The molecule has 0 aliphatic rings. The molecule has 0 heterocycles. The predicted molar refractivity (Wildman–Crippen MR) is 137 cm³/mol. The minimum absolute atomic E-state index is 0.159. The fourth-order valence-corrected chi connectivity index (χ4v) is 4.96. The van der Waals surface area contributed by atoms with Crippen LogP contribution in [0, 0.1) is 0 Å². The third kappa shape index (κ3) is 3.31. The third-order valence-electron chi connectivity index (χ3n) is 6.55. The van der Waals surface area contributed by atoms with Crippen LogP contribution in [0.3, 0.4) is 0 Å². The summed E-state index contributed by atoms with van der Waals surface area (Å²) in [5.74, 6) is 0.469. The van der Waals surface area contributed by atoms with Gasteiger partial charge in [0.15, 0.2) is 0 Å². The topological polar surface area (TPSA) is 0 Å². The molecule has 5 rings (SSSR count). The van der Waals surface area contributed by atoms with E-state index < -0.39 is 0 Å². The van der Waals surface area contributed by atoms with Crippen LogP contribution < -0.4 is 0 Å². The number of hydrogen-bond donors (Lipinski definition) is 0. The molecule has 0 aliphatic carbocycles. The molecule has 0 saturated heterocycles. The minimum atomic E-state index is 0.159. The fourth-order valence-electron chi connectivity index (χ4n) is 4.96. The number of hydrogen-bond acceptors (Lipinski definition) is 0. The molecule has 31 heavy (non-hydrogen) atoms. The monoisotopic (exact) mass is 402 g/mol. The van der Waals surface area contributed by atoms with E-state index in [-0.39, 0.29) is 5.41 Å². The van der Waals surface area contributed by atoms with Gasteiger partial charge >= 0.3 is 0 Å². The van der Waals surface area contributed by atoms with E-state index in [0.29, 0.717) is 5.92 Å². The van der Waals surface area contributed by atoms with Crippen molar-refractivity contribution in [1.29, 1.82) is 0 Å². The first-order valence-electron chi connectivity index (χ1n) is 11.3. The van der Waals surface area contributed by atoms with Gasteiger partial charge < -0.3 is 0 Å². The number of benzene rings is 5. The highest BCUT2D eigenvalue weighted by molar-refractivity contribution is 6.15. The van der Waals surface area contributed by atoms with Gasteiger partial charge in [-0.3, -0.25) is 0 Å². The van der Waals surface area contributed by atoms with Crippen molar-refractivity contribution in [2.24, 2.45) is 0 Å². The Morgan fingerprint density at radius 1 is 0.581 bits per heavy atom. The Bertz CT molecular complexity index is 1370. The van der Waals surface area contributed by atoms with Gasteiger partial charge in [0.25, 0.3) is 0 Å². The lowest BCUT2D eigenvalue weighted by Gasteiger charge is -2.21. The van der Waals surface area contributed by atoms with Crippen molar-refractivity contribution < 1.29 is 0 Å². The van der Waals surface area contributed by atoms with Crippen LogP contribution in [0.4, 0.5) is 0 Å². The maximum Gasteiger partial charge on any atom is -0.00264 e. The molecule has 0 unspecified atom stereocenters. The predicted octanol–water partition coefficient (Wildman–Crippen LogP) is 9.23. The Morgan fingerprint density at radius 2 is 1.10 bits per heavy atom. The zero-order valence-electron chi connectivity index (χ0n) is 19.2. The van der Waals surface area contributed by atoms with Crippen LogP contribution in [0.15, 0.2) is 84.9 Å². The molecule has 0 fully saturated rings. The highest BCUT2D eigenvalue weighted by Gasteiger charge is 2.18. The largest absolute Gasteiger partial charge is 0.0616 e. The second-order valence-electron chi connectivity index (χ2n) is 10.1. The minimum Gasteiger partial charge on any atom is -0.0616 e. The molecule has 5 aromatic carbocycles. The van der Waals surface area contributed by atoms with Gasteiger partial charge in [-0.05, 0) is 72.0 Å². The van der Waals surface area contributed by atoms with E-state index in [2.05, 4.69) is 120 Å². The molecule has 0 aromatic heterocycles. The van der Waals surface area contributed by atoms with Crippen LogP contribution in [0.25, 0.3) is 43.4 Å². The fraction of sp³-hybridized carbons (Fsp3) is 0.226. The number of rotatable bonds is 2. The van der Waals surface area contributed by atoms with Crippen LogP contribution in [-0.4, -0.2) is 0 Å². The highest BCUT2D eigenvalue weighted by atomic mass is 14.2. The molecule has 0 amide bonds. The summed E-state index contributed by atoms with van der Waals surface area (Å²) in [6, 6.07) is 31.7. The van der Waals surface area contributed by atoms with Gasteiger partial charge in [-0.2, -0.15) is 0 Å². The van der Waals surface area contributed by atoms with Gasteiger partial charge in [0.05, 0.1) is 0 Å². The lowest BCUT2D eigenvalue weighted by molar-refractivity contribution is 0.591. The van der Waals surface area contributed by atoms with Gasteiger partial charge in [-0.15, -0.1) is 0 Å². The van der Waals surface area contributed by atoms with Gasteiger partial charge in [0.1, 0.15) is 0 Å². The van der Waals surface area contributed by atoms with E-state index in [1.54, 1.807) is 0 Å². The highest BCUT2D eigenvalue weighted by Crippen LogP contribution is 2.42. The van der Waals surface area contributed by atoms with Crippen molar-refractivity contribution in [1.82, 2.24) is 0 Å². The van der Waals surface area contributed by atoms with Crippen LogP contribution in [0.1, 0.15) is 51.7 Å². The maximum atomic E-state index is 2.37.